The van der Waals surface area contributed by atoms with Crippen LogP contribution in [0, 0.1) is 11.8 Å². The molecule has 0 aliphatic rings. The van der Waals surface area contributed by atoms with E-state index in [-0.39, 0.29) is 19.4 Å². The first-order chi connectivity index (χ1) is 11.6. The van der Waals surface area contributed by atoms with E-state index in [1.54, 1.807) is 0 Å². The van der Waals surface area contributed by atoms with Gasteiger partial charge in [0.05, 0.1) is 6.61 Å². The second-order valence-corrected chi connectivity index (χ2v) is 5.71. The summed E-state index contributed by atoms with van der Waals surface area (Å²) in [6.45, 7) is 6.17. The third kappa shape index (κ3) is 7.14. The highest BCUT2D eigenvalue weighted by Gasteiger charge is 2.04. The van der Waals surface area contributed by atoms with E-state index in [0.29, 0.717) is 6.61 Å². The summed E-state index contributed by atoms with van der Waals surface area (Å²) in [6, 6.07) is 16.0. The monoisotopic (exact) mass is 337 g/mol. The van der Waals surface area contributed by atoms with E-state index in [4.69, 9.17) is 4.74 Å². The maximum Gasteiger partial charge on any atom is 0.217 e. The molecule has 0 heterocycles. The van der Waals surface area contributed by atoms with Crippen LogP contribution in [-0.2, 0) is 11.2 Å². The number of hydrogen-bond donors (Lipinski definition) is 1. The molecule has 25 heavy (non-hydrogen) atoms. The van der Waals surface area contributed by atoms with Crippen molar-refractivity contribution < 1.29 is 9.53 Å². The predicted octanol–water partition coefficient (Wildman–Crippen LogP) is 4.19. The first-order valence-electron chi connectivity index (χ1n) is 8.17. The van der Waals surface area contributed by atoms with E-state index >= 15 is 0 Å². The average Bonchev–Trinajstić information content (AvgIpc) is 2.55. The normalized spacial score (nSPS) is 10.7. The van der Waals surface area contributed by atoms with Crippen molar-refractivity contribution in [2.75, 3.05) is 6.61 Å². The Hall–Kier alpha value is -2.73. The van der Waals surface area contributed by atoms with Crippen molar-refractivity contribution in [1.82, 2.24) is 5.32 Å². The summed E-state index contributed by atoms with van der Waals surface area (Å²) < 4.78 is 5.42. The average molecular weight is 337 g/mol. The van der Waals surface area contributed by atoms with Gasteiger partial charge in [0.25, 0.3) is 0 Å². The Labute approximate surface area is 151 Å². The van der Waals surface area contributed by atoms with Gasteiger partial charge in [0.1, 0.15) is 5.75 Å². The zero-order valence-electron chi connectivity index (χ0n) is 14.4. The van der Waals surface area contributed by atoms with Gasteiger partial charge in [-0.1, -0.05) is 31.4 Å². The lowest BCUT2D eigenvalue weighted by Crippen LogP contribution is -2.31. The van der Waals surface area contributed by atoms with E-state index in [2.05, 4.69) is 29.3 Å². The van der Waals surface area contributed by atoms with Crippen LogP contribution >= 0.6 is 0 Å². The van der Waals surface area contributed by atoms with Crippen LogP contribution in [0.4, 0.5) is 0 Å². The van der Waals surface area contributed by atoms with Crippen molar-refractivity contribution in [3.63, 3.8) is 0 Å². The Bertz CT molecular complexity index is 721. The molecule has 2 aromatic carbocycles. The molecule has 0 bridgehead atoms. The Kier molecular flexibility index (Phi) is 8.29. The first kappa shape index (κ1) is 20.3. The van der Waals surface area contributed by atoms with Crippen LogP contribution < -0.4 is 10.1 Å². The van der Waals surface area contributed by atoms with Crippen LogP contribution in [0.15, 0.2) is 48.5 Å². The summed E-state index contributed by atoms with van der Waals surface area (Å²) in [4.78, 5) is 11.0. The van der Waals surface area contributed by atoms with Gasteiger partial charge in [0.2, 0.25) is 5.91 Å². The predicted molar refractivity (Wildman–Crippen MR) is 104 cm³/mol. The first-order valence-corrected chi connectivity index (χ1v) is 8.17. The van der Waals surface area contributed by atoms with Crippen LogP contribution in [0.2, 0.25) is 0 Å². The molecular weight excluding hydrogens is 310 g/mol. The number of hydrogen-bond acceptors (Lipinski definition) is 2. The minimum Gasteiger partial charge on any atom is -0.494 e. The zero-order chi connectivity index (χ0) is 17.4. The number of carbonyl (C=O) groups excluding carboxylic acids is 1. The van der Waals surface area contributed by atoms with Crippen molar-refractivity contribution in [3.05, 3.63) is 65.2 Å². The molecule has 3 heteroatoms. The second kappa shape index (κ2) is 10.2. The molecule has 0 fully saturated rings. The molecule has 0 aromatic heterocycles. The third-order valence-electron chi connectivity index (χ3n) is 3.46. The maximum absolute atomic E-state index is 11.0. The van der Waals surface area contributed by atoms with Crippen LogP contribution in [0.3, 0.4) is 0 Å². The number of benzene rings is 2. The molecule has 0 saturated heterocycles. The molecule has 2 aromatic rings. The van der Waals surface area contributed by atoms with Crippen LogP contribution in [0.25, 0.3) is 0 Å². The highest BCUT2D eigenvalue weighted by molar-refractivity contribution is 5.73. The van der Waals surface area contributed by atoms with E-state index in [0.717, 1.165) is 23.3 Å². The molecule has 0 saturated carbocycles. The fourth-order valence-electron chi connectivity index (χ4n) is 2.42. The molecule has 0 aliphatic heterocycles. The standard InChI is InChI=1S/C21H23NO2.CH4/c1-4-24-21-13-11-19(12-14-21)6-5-18-7-9-20(10-8-18)15-16(2)22-17(3)23;/h7-14,16H,4,15H2,1-3H3,(H,22,23);1H4/t16-;/m0./s1. The van der Waals surface area contributed by atoms with E-state index in [1.807, 2.05) is 50.2 Å². The molecule has 1 N–H and O–H groups in total. The Morgan fingerprint density at radius 3 is 2.04 bits per heavy atom. The summed E-state index contributed by atoms with van der Waals surface area (Å²) >= 11 is 0. The quantitative estimate of drug-likeness (QED) is 0.831. The summed E-state index contributed by atoms with van der Waals surface area (Å²) in [5, 5.41) is 2.89. The molecular formula is C22H27NO2. The highest BCUT2D eigenvalue weighted by Crippen LogP contribution is 2.11. The van der Waals surface area contributed by atoms with Gasteiger partial charge in [-0.15, -0.1) is 0 Å². The maximum atomic E-state index is 11.0. The molecule has 3 nitrogen and oxygen atoms in total. The van der Waals surface area contributed by atoms with Gasteiger partial charge >= 0.3 is 0 Å². The molecule has 0 spiro atoms. The van der Waals surface area contributed by atoms with Crippen LogP contribution in [-0.4, -0.2) is 18.6 Å². The second-order valence-electron chi connectivity index (χ2n) is 5.71. The van der Waals surface area contributed by atoms with Gasteiger partial charge < -0.3 is 10.1 Å². The van der Waals surface area contributed by atoms with Gasteiger partial charge in [0.15, 0.2) is 0 Å². The van der Waals surface area contributed by atoms with E-state index < -0.39 is 0 Å². The number of carbonyl (C=O) groups is 1. The minimum atomic E-state index is 0. The van der Waals surface area contributed by atoms with Gasteiger partial charge in [0, 0.05) is 24.1 Å². The summed E-state index contributed by atoms with van der Waals surface area (Å²) in [6.07, 6.45) is 0.812. The zero-order valence-corrected chi connectivity index (χ0v) is 14.4. The Morgan fingerprint density at radius 1 is 1.04 bits per heavy atom. The van der Waals surface area contributed by atoms with Gasteiger partial charge in [-0.3, -0.25) is 4.79 Å². The lowest BCUT2D eigenvalue weighted by molar-refractivity contribution is -0.119. The van der Waals surface area contributed by atoms with Crippen LogP contribution in [0.1, 0.15) is 44.9 Å². The SMILES string of the molecule is C.CCOc1ccc(C#Cc2ccc(C[C@H](C)NC(C)=O)cc2)cc1. The summed E-state index contributed by atoms with van der Waals surface area (Å²) in [7, 11) is 0. The minimum absolute atomic E-state index is 0. The summed E-state index contributed by atoms with van der Waals surface area (Å²) in [5.74, 6) is 7.18. The molecule has 132 valence electrons. The fourth-order valence-corrected chi connectivity index (χ4v) is 2.42. The Morgan fingerprint density at radius 2 is 1.56 bits per heavy atom. The van der Waals surface area contributed by atoms with E-state index in [1.165, 1.54) is 12.5 Å². The smallest absolute Gasteiger partial charge is 0.217 e. The number of amides is 1. The molecule has 2 rings (SSSR count). The number of ether oxygens (including phenoxy) is 1. The van der Waals surface area contributed by atoms with Gasteiger partial charge in [-0.2, -0.15) is 0 Å². The Balaban J connectivity index is 0.00000312. The highest BCUT2D eigenvalue weighted by atomic mass is 16.5. The molecule has 1 atom stereocenters. The lowest BCUT2D eigenvalue weighted by Gasteiger charge is -2.12. The molecule has 0 aliphatic carbocycles. The molecule has 0 unspecified atom stereocenters. The fraction of sp³-hybridized carbons (Fsp3) is 0.318. The number of rotatable bonds is 5. The van der Waals surface area contributed by atoms with Gasteiger partial charge in [-0.05, 0) is 62.2 Å². The van der Waals surface area contributed by atoms with Crippen molar-refractivity contribution in [2.45, 2.75) is 40.7 Å². The van der Waals surface area contributed by atoms with Crippen molar-refractivity contribution in [3.8, 4) is 17.6 Å². The largest absolute Gasteiger partial charge is 0.494 e. The summed E-state index contributed by atoms with van der Waals surface area (Å²) in [5.41, 5.74) is 3.12. The molecule has 0 radical (unpaired) electrons. The molecule has 1 amide bonds. The van der Waals surface area contributed by atoms with Crippen molar-refractivity contribution in [2.24, 2.45) is 0 Å². The third-order valence-corrected chi connectivity index (χ3v) is 3.46. The van der Waals surface area contributed by atoms with Crippen molar-refractivity contribution >= 4 is 5.91 Å². The van der Waals surface area contributed by atoms with Gasteiger partial charge in [-0.25, -0.2) is 0 Å². The lowest BCUT2D eigenvalue weighted by atomic mass is 10.0. The number of nitrogens with one attached hydrogen (secondary N) is 1. The topological polar surface area (TPSA) is 38.3 Å². The van der Waals surface area contributed by atoms with Crippen molar-refractivity contribution in [1.29, 1.82) is 0 Å². The van der Waals surface area contributed by atoms with Crippen LogP contribution in [0.5, 0.6) is 5.75 Å². The van der Waals surface area contributed by atoms with E-state index in [9.17, 15) is 4.79 Å².